The highest BCUT2D eigenvalue weighted by Crippen LogP contribution is 2.29. The van der Waals surface area contributed by atoms with Gasteiger partial charge in [0.1, 0.15) is 0 Å². The Morgan fingerprint density at radius 1 is 1.53 bits per heavy atom. The zero-order valence-electron chi connectivity index (χ0n) is 8.83. The third-order valence-corrected chi connectivity index (χ3v) is 2.46. The van der Waals surface area contributed by atoms with Gasteiger partial charge in [-0.05, 0) is 18.6 Å². The fourth-order valence-electron chi connectivity index (χ4n) is 1.52. The van der Waals surface area contributed by atoms with Gasteiger partial charge in [0.15, 0.2) is 0 Å². The zero-order chi connectivity index (χ0) is 11.4. The molecule has 0 fully saturated rings. The highest BCUT2D eigenvalue weighted by atomic mass is 35.5. The molecular weight excluding hydrogens is 214 g/mol. The van der Waals surface area contributed by atoms with Gasteiger partial charge in [-0.2, -0.15) is 0 Å². The van der Waals surface area contributed by atoms with Crippen LogP contribution < -0.4 is 4.90 Å². The molecule has 0 heterocycles. The average molecular weight is 228 g/mol. The molecule has 15 heavy (non-hydrogen) atoms. The predicted octanol–water partition coefficient (Wildman–Crippen LogP) is 2.88. The second-order valence-corrected chi connectivity index (χ2v) is 3.77. The second kappa shape index (κ2) is 5.03. The van der Waals surface area contributed by atoms with Crippen molar-refractivity contribution < 1.29 is 9.90 Å². The lowest BCUT2D eigenvalue weighted by Crippen LogP contribution is -2.21. The Labute approximate surface area is 94.3 Å². The van der Waals surface area contributed by atoms with E-state index in [1.807, 2.05) is 18.9 Å². The summed E-state index contributed by atoms with van der Waals surface area (Å²) >= 11 is 6.00. The van der Waals surface area contributed by atoms with E-state index >= 15 is 0 Å². The van der Waals surface area contributed by atoms with Crippen molar-refractivity contribution >= 4 is 23.3 Å². The van der Waals surface area contributed by atoms with Crippen molar-refractivity contribution in [3.63, 3.8) is 0 Å². The largest absolute Gasteiger partial charge is 0.478 e. The summed E-state index contributed by atoms with van der Waals surface area (Å²) in [6, 6.07) is 4.92. The Kier molecular flexibility index (Phi) is 3.97. The van der Waals surface area contributed by atoms with Crippen molar-refractivity contribution in [2.75, 3.05) is 18.5 Å². The van der Waals surface area contributed by atoms with E-state index in [-0.39, 0.29) is 5.56 Å². The molecule has 0 saturated heterocycles. The number of aromatic carboxylic acids is 1. The molecule has 0 bridgehead atoms. The molecule has 1 rings (SSSR count). The Morgan fingerprint density at radius 3 is 2.73 bits per heavy atom. The molecule has 0 unspecified atom stereocenters. The van der Waals surface area contributed by atoms with Crippen molar-refractivity contribution in [3.8, 4) is 0 Å². The number of anilines is 1. The summed E-state index contributed by atoms with van der Waals surface area (Å²) in [4.78, 5) is 12.9. The quantitative estimate of drug-likeness (QED) is 0.860. The van der Waals surface area contributed by atoms with Gasteiger partial charge in [0, 0.05) is 13.6 Å². The number of carboxylic acids is 1. The van der Waals surface area contributed by atoms with E-state index in [9.17, 15) is 4.79 Å². The number of para-hydroxylation sites is 1. The fraction of sp³-hybridized carbons (Fsp3) is 0.364. The predicted molar refractivity (Wildman–Crippen MR) is 62.0 cm³/mol. The third kappa shape index (κ3) is 2.63. The Balaban J connectivity index is 3.18. The van der Waals surface area contributed by atoms with Crippen LogP contribution in [0.5, 0.6) is 0 Å². The van der Waals surface area contributed by atoms with E-state index in [0.29, 0.717) is 10.7 Å². The molecule has 0 radical (unpaired) electrons. The summed E-state index contributed by atoms with van der Waals surface area (Å²) in [7, 11) is 1.84. The Morgan fingerprint density at radius 2 is 2.20 bits per heavy atom. The molecule has 0 atom stereocenters. The highest BCUT2D eigenvalue weighted by Gasteiger charge is 2.15. The van der Waals surface area contributed by atoms with Crippen molar-refractivity contribution in [3.05, 3.63) is 28.8 Å². The lowest BCUT2D eigenvalue weighted by Gasteiger charge is -2.21. The first-order valence-electron chi connectivity index (χ1n) is 4.80. The van der Waals surface area contributed by atoms with Gasteiger partial charge in [-0.15, -0.1) is 0 Å². The van der Waals surface area contributed by atoms with Gasteiger partial charge in [-0.1, -0.05) is 24.6 Å². The minimum absolute atomic E-state index is 0.249. The molecule has 0 aliphatic carbocycles. The van der Waals surface area contributed by atoms with Gasteiger partial charge in [-0.25, -0.2) is 4.79 Å². The van der Waals surface area contributed by atoms with Gasteiger partial charge in [0.25, 0.3) is 0 Å². The van der Waals surface area contributed by atoms with Gasteiger partial charge < -0.3 is 10.0 Å². The van der Waals surface area contributed by atoms with E-state index in [1.54, 1.807) is 18.2 Å². The van der Waals surface area contributed by atoms with Gasteiger partial charge in [0.2, 0.25) is 0 Å². The van der Waals surface area contributed by atoms with Crippen LogP contribution in [0.25, 0.3) is 0 Å². The van der Waals surface area contributed by atoms with Gasteiger partial charge in [-0.3, -0.25) is 0 Å². The summed E-state index contributed by atoms with van der Waals surface area (Å²) in [5, 5.41) is 9.50. The minimum Gasteiger partial charge on any atom is -0.478 e. The molecule has 1 N–H and O–H groups in total. The molecule has 0 spiro atoms. The molecule has 1 aromatic carbocycles. The number of halogens is 1. The summed E-state index contributed by atoms with van der Waals surface area (Å²) < 4.78 is 0. The normalized spacial score (nSPS) is 10.1. The SMILES string of the molecule is CCCN(C)c1c(Cl)cccc1C(=O)O. The number of hydrogen-bond acceptors (Lipinski definition) is 2. The minimum atomic E-state index is -0.949. The second-order valence-electron chi connectivity index (χ2n) is 3.36. The Bertz CT molecular complexity index is 366. The molecule has 3 nitrogen and oxygen atoms in total. The van der Waals surface area contributed by atoms with Crippen LogP contribution in [0.4, 0.5) is 5.69 Å². The van der Waals surface area contributed by atoms with Crippen LogP contribution in [0.15, 0.2) is 18.2 Å². The van der Waals surface area contributed by atoms with Crippen LogP contribution in [-0.2, 0) is 0 Å². The van der Waals surface area contributed by atoms with E-state index in [2.05, 4.69) is 0 Å². The van der Waals surface area contributed by atoms with E-state index in [1.165, 1.54) is 0 Å². The summed E-state index contributed by atoms with van der Waals surface area (Å²) in [5.41, 5.74) is 0.840. The first-order valence-corrected chi connectivity index (χ1v) is 5.18. The number of hydrogen-bond donors (Lipinski definition) is 1. The third-order valence-electron chi connectivity index (χ3n) is 2.16. The number of benzene rings is 1. The molecule has 0 aliphatic rings. The first kappa shape index (κ1) is 11.9. The molecule has 0 aromatic heterocycles. The average Bonchev–Trinajstić information content (AvgIpc) is 2.17. The van der Waals surface area contributed by atoms with E-state index < -0.39 is 5.97 Å². The lowest BCUT2D eigenvalue weighted by molar-refractivity contribution is 0.0697. The van der Waals surface area contributed by atoms with Crippen molar-refractivity contribution in [1.29, 1.82) is 0 Å². The monoisotopic (exact) mass is 227 g/mol. The molecule has 0 saturated carbocycles. The molecule has 82 valence electrons. The van der Waals surface area contributed by atoms with Crippen LogP contribution >= 0.6 is 11.6 Å². The van der Waals surface area contributed by atoms with Gasteiger partial charge >= 0.3 is 5.97 Å². The van der Waals surface area contributed by atoms with Crippen molar-refractivity contribution in [2.45, 2.75) is 13.3 Å². The maximum absolute atomic E-state index is 11.0. The lowest BCUT2D eigenvalue weighted by atomic mass is 10.1. The molecule has 0 aliphatic heterocycles. The number of carbonyl (C=O) groups is 1. The maximum atomic E-state index is 11.0. The summed E-state index contributed by atoms with van der Waals surface area (Å²) in [6.45, 7) is 2.82. The van der Waals surface area contributed by atoms with Crippen molar-refractivity contribution in [2.24, 2.45) is 0 Å². The zero-order valence-corrected chi connectivity index (χ0v) is 9.58. The summed E-state index contributed by atoms with van der Waals surface area (Å²) in [6.07, 6.45) is 0.945. The van der Waals surface area contributed by atoms with Crippen molar-refractivity contribution in [1.82, 2.24) is 0 Å². The first-order chi connectivity index (χ1) is 7.07. The molecule has 1 aromatic rings. The highest BCUT2D eigenvalue weighted by molar-refractivity contribution is 6.34. The number of rotatable bonds is 4. The Hall–Kier alpha value is -1.22. The van der Waals surface area contributed by atoms with E-state index in [0.717, 1.165) is 13.0 Å². The van der Waals surface area contributed by atoms with Crippen LogP contribution in [0, 0.1) is 0 Å². The van der Waals surface area contributed by atoms with Crippen LogP contribution in [0.3, 0.4) is 0 Å². The standard InChI is InChI=1S/C11H14ClNO2/c1-3-7-13(2)10-8(11(14)15)5-4-6-9(10)12/h4-6H,3,7H2,1-2H3,(H,14,15). The molecule has 4 heteroatoms. The molecule has 0 amide bonds. The fourth-order valence-corrected chi connectivity index (χ4v) is 1.84. The smallest absolute Gasteiger partial charge is 0.337 e. The topological polar surface area (TPSA) is 40.5 Å². The van der Waals surface area contributed by atoms with Crippen LogP contribution in [-0.4, -0.2) is 24.7 Å². The number of carboxylic acid groups (broad SMARTS) is 1. The van der Waals surface area contributed by atoms with Crippen LogP contribution in [0.1, 0.15) is 23.7 Å². The number of nitrogens with zero attached hydrogens (tertiary/aromatic N) is 1. The molecular formula is C11H14ClNO2. The summed E-state index contributed by atoms with van der Waals surface area (Å²) in [5.74, 6) is -0.949. The maximum Gasteiger partial charge on any atom is 0.337 e. The van der Waals surface area contributed by atoms with Gasteiger partial charge in [0.05, 0.1) is 16.3 Å². The van der Waals surface area contributed by atoms with E-state index in [4.69, 9.17) is 16.7 Å². The van der Waals surface area contributed by atoms with Crippen LogP contribution in [0.2, 0.25) is 5.02 Å².